The maximum atomic E-state index is 12.9. The van der Waals surface area contributed by atoms with Crippen LogP contribution in [0, 0.1) is 5.82 Å². The fraction of sp³-hybridized carbons (Fsp3) is 0.278. The van der Waals surface area contributed by atoms with E-state index in [2.05, 4.69) is 0 Å². The average molecular weight is 331 g/mol. The van der Waals surface area contributed by atoms with Gasteiger partial charge in [0, 0.05) is 0 Å². The van der Waals surface area contributed by atoms with Gasteiger partial charge in [-0.2, -0.15) is 0 Å². The van der Waals surface area contributed by atoms with Crippen LogP contribution in [-0.2, 0) is 4.79 Å². The lowest BCUT2D eigenvalue weighted by atomic mass is 10.1. The third-order valence-electron chi connectivity index (χ3n) is 3.94. The Balaban J connectivity index is 1.56. The molecule has 1 aliphatic rings. The smallest absolute Gasteiger partial charge is 0.256 e. The summed E-state index contributed by atoms with van der Waals surface area (Å²) in [6, 6.07) is 12.5. The Bertz CT molecular complexity index is 713. The minimum absolute atomic E-state index is 0.148. The zero-order chi connectivity index (χ0) is 17.1. The van der Waals surface area contributed by atoms with E-state index in [1.807, 2.05) is 12.1 Å². The number of halogens is 1. The van der Waals surface area contributed by atoms with Crippen LogP contribution in [0.3, 0.4) is 0 Å². The summed E-state index contributed by atoms with van der Waals surface area (Å²) in [6.45, 7) is 0.768. The van der Waals surface area contributed by atoms with Crippen LogP contribution in [0.4, 0.5) is 4.39 Å². The van der Waals surface area contributed by atoms with Gasteiger partial charge in [-0.1, -0.05) is 24.3 Å². The largest absolute Gasteiger partial charge is 0.493 e. The highest BCUT2D eigenvalue weighted by Gasteiger charge is 2.36. The first-order valence-electron chi connectivity index (χ1n) is 7.60. The molecular formula is C18H18FNO4. The van der Waals surface area contributed by atoms with E-state index in [4.69, 9.17) is 9.47 Å². The van der Waals surface area contributed by atoms with Gasteiger partial charge >= 0.3 is 0 Å². The number of aliphatic hydroxyl groups excluding tert-OH is 1. The summed E-state index contributed by atoms with van der Waals surface area (Å²) in [5, 5.41) is 10.1. The predicted molar refractivity (Wildman–Crippen MR) is 85.3 cm³/mol. The molecular weight excluding hydrogens is 313 g/mol. The molecule has 0 spiro atoms. The average Bonchev–Trinajstić information content (AvgIpc) is 2.57. The molecule has 1 amide bonds. The second-order valence-corrected chi connectivity index (χ2v) is 5.59. The molecule has 3 rings (SSSR count). The van der Waals surface area contributed by atoms with Crippen molar-refractivity contribution in [2.75, 3.05) is 20.2 Å². The Kier molecular flexibility index (Phi) is 4.66. The van der Waals surface area contributed by atoms with Gasteiger partial charge in [-0.25, -0.2) is 4.39 Å². The molecule has 0 aromatic heterocycles. The van der Waals surface area contributed by atoms with E-state index in [-0.39, 0.29) is 6.10 Å². The van der Waals surface area contributed by atoms with Crippen LogP contribution in [0.25, 0.3) is 0 Å². The molecule has 1 heterocycles. The van der Waals surface area contributed by atoms with E-state index >= 15 is 0 Å². The number of nitrogens with zero attached hydrogens (tertiary/aromatic N) is 1. The molecule has 1 saturated heterocycles. The summed E-state index contributed by atoms with van der Waals surface area (Å²) in [5.41, 5.74) is 0.371. The van der Waals surface area contributed by atoms with Gasteiger partial charge in [-0.15, -0.1) is 0 Å². The summed E-state index contributed by atoms with van der Waals surface area (Å²) >= 11 is 0. The number of carbonyl (C=O) groups excluding carboxylic acids is 1. The lowest BCUT2D eigenvalue weighted by Crippen LogP contribution is -2.57. The maximum Gasteiger partial charge on any atom is 0.256 e. The van der Waals surface area contributed by atoms with Crippen molar-refractivity contribution >= 4 is 5.91 Å². The molecule has 0 bridgehead atoms. The topological polar surface area (TPSA) is 59.0 Å². The monoisotopic (exact) mass is 331 g/mol. The van der Waals surface area contributed by atoms with E-state index < -0.39 is 17.8 Å². The normalized spacial score (nSPS) is 15.5. The van der Waals surface area contributed by atoms with Gasteiger partial charge < -0.3 is 19.5 Å². The number of aliphatic hydroxyl groups is 1. The van der Waals surface area contributed by atoms with Crippen molar-refractivity contribution in [3.05, 3.63) is 59.9 Å². The molecule has 126 valence electrons. The molecule has 1 N–H and O–H groups in total. The number of para-hydroxylation sites is 2. The molecule has 2 aromatic rings. The van der Waals surface area contributed by atoms with Crippen LogP contribution in [0.15, 0.2) is 48.5 Å². The summed E-state index contributed by atoms with van der Waals surface area (Å²) in [7, 11) is 1.57. The van der Waals surface area contributed by atoms with Gasteiger partial charge in [-0.3, -0.25) is 4.79 Å². The van der Waals surface area contributed by atoms with Crippen molar-refractivity contribution in [3.8, 4) is 11.5 Å². The predicted octanol–water partition coefficient (Wildman–Crippen LogP) is 2.16. The Labute approximate surface area is 139 Å². The number of ether oxygens (including phenoxy) is 2. The summed E-state index contributed by atoms with van der Waals surface area (Å²) in [4.78, 5) is 13.7. The highest BCUT2D eigenvalue weighted by Crippen LogP contribution is 2.29. The summed E-state index contributed by atoms with van der Waals surface area (Å²) < 4.78 is 23.9. The van der Waals surface area contributed by atoms with Crippen LogP contribution >= 0.6 is 0 Å². The number of likely N-dealkylation sites (tertiary alicyclic amines) is 1. The van der Waals surface area contributed by atoms with Gasteiger partial charge in [0.05, 0.1) is 20.2 Å². The van der Waals surface area contributed by atoms with Crippen LogP contribution in [0.2, 0.25) is 0 Å². The third kappa shape index (κ3) is 3.33. The first-order chi connectivity index (χ1) is 11.6. The number of hydrogen-bond donors (Lipinski definition) is 1. The van der Waals surface area contributed by atoms with Crippen LogP contribution in [0.5, 0.6) is 11.5 Å². The number of hydrogen-bond acceptors (Lipinski definition) is 4. The molecule has 2 aromatic carbocycles. The van der Waals surface area contributed by atoms with E-state index in [0.29, 0.717) is 30.2 Å². The van der Waals surface area contributed by atoms with Crippen molar-refractivity contribution in [2.24, 2.45) is 0 Å². The molecule has 24 heavy (non-hydrogen) atoms. The van der Waals surface area contributed by atoms with Crippen molar-refractivity contribution in [1.29, 1.82) is 0 Å². The molecule has 0 aliphatic carbocycles. The second-order valence-electron chi connectivity index (χ2n) is 5.59. The SMILES string of the molecule is COc1ccccc1OC1CN(C(=O)C(O)c2ccc(F)cc2)C1. The van der Waals surface area contributed by atoms with Crippen LogP contribution in [-0.4, -0.2) is 42.2 Å². The number of benzene rings is 2. The van der Waals surface area contributed by atoms with Crippen LogP contribution in [0.1, 0.15) is 11.7 Å². The highest BCUT2D eigenvalue weighted by molar-refractivity contribution is 5.82. The zero-order valence-electron chi connectivity index (χ0n) is 13.2. The Morgan fingerprint density at radius 2 is 1.79 bits per heavy atom. The van der Waals surface area contributed by atoms with E-state index in [9.17, 15) is 14.3 Å². The minimum atomic E-state index is -1.29. The van der Waals surface area contributed by atoms with Crippen LogP contribution < -0.4 is 9.47 Å². The first-order valence-corrected chi connectivity index (χ1v) is 7.60. The van der Waals surface area contributed by atoms with E-state index in [1.54, 1.807) is 19.2 Å². The number of carbonyl (C=O) groups is 1. The maximum absolute atomic E-state index is 12.9. The lowest BCUT2D eigenvalue weighted by molar-refractivity contribution is -0.149. The number of amides is 1. The molecule has 0 saturated carbocycles. The van der Waals surface area contributed by atoms with Gasteiger partial charge in [0.25, 0.3) is 5.91 Å². The van der Waals surface area contributed by atoms with E-state index in [1.165, 1.54) is 29.2 Å². The van der Waals surface area contributed by atoms with Gasteiger partial charge in [0.15, 0.2) is 17.6 Å². The summed E-state index contributed by atoms with van der Waals surface area (Å²) in [6.07, 6.45) is -1.44. The standard InChI is InChI=1S/C18H18FNO4/c1-23-15-4-2-3-5-16(15)24-14-10-20(11-14)18(22)17(21)12-6-8-13(19)9-7-12/h2-9,14,17,21H,10-11H2,1H3. The van der Waals surface area contributed by atoms with Crippen molar-refractivity contribution < 1.29 is 23.8 Å². The minimum Gasteiger partial charge on any atom is -0.493 e. The quantitative estimate of drug-likeness (QED) is 0.912. The molecule has 1 aliphatic heterocycles. The molecule has 1 atom stereocenters. The fourth-order valence-electron chi connectivity index (χ4n) is 2.55. The van der Waals surface area contributed by atoms with Crippen molar-refractivity contribution in [1.82, 2.24) is 4.90 Å². The Hall–Kier alpha value is -2.60. The Morgan fingerprint density at radius 3 is 2.42 bits per heavy atom. The lowest BCUT2D eigenvalue weighted by Gasteiger charge is -2.40. The number of methoxy groups -OCH3 is 1. The molecule has 0 radical (unpaired) electrons. The molecule has 1 fully saturated rings. The van der Waals surface area contributed by atoms with Crippen molar-refractivity contribution in [2.45, 2.75) is 12.2 Å². The van der Waals surface area contributed by atoms with Gasteiger partial charge in [0.1, 0.15) is 11.9 Å². The summed E-state index contributed by atoms with van der Waals surface area (Å²) in [5.74, 6) is 0.430. The third-order valence-corrected chi connectivity index (χ3v) is 3.94. The number of rotatable bonds is 5. The highest BCUT2D eigenvalue weighted by atomic mass is 19.1. The first kappa shape index (κ1) is 16.3. The molecule has 1 unspecified atom stereocenters. The van der Waals surface area contributed by atoms with Gasteiger partial charge in [0.2, 0.25) is 0 Å². The molecule has 5 nitrogen and oxygen atoms in total. The Morgan fingerprint density at radius 1 is 1.17 bits per heavy atom. The van der Waals surface area contributed by atoms with Crippen molar-refractivity contribution in [3.63, 3.8) is 0 Å². The molecule has 6 heteroatoms. The van der Waals surface area contributed by atoms with E-state index in [0.717, 1.165) is 0 Å². The van der Waals surface area contributed by atoms with Gasteiger partial charge in [-0.05, 0) is 29.8 Å². The second kappa shape index (κ2) is 6.88. The zero-order valence-corrected chi connectivity index (χ0v) is 13.2. The fourth-order valence-corrected chi connectivity index (χ4v) is 2.55.